The highest BCUT2D eigenvalue weighted by Crippen LogP contribution is 2.41. The van der Waals surface area contributed by atoms with Crippen LogP contribution in [0.25, 0.3) is 5.76 Å². The molecule has 0 spiro atoms. The molecule has 5 nitrogen and oxygen atoms in total. The zero-order valence-electron chi connectivity index (χ0n) is 21.3. The van der Waals surface area contributed by atoms with E-state index in [9.17, 15) is 14.7 Å². The van der Waals surface area contributed by atoms with Crippen LogP contribution in [0.1, 0.15) is 86.7 Å². The molecule has 2 aromatic carbocycles. The van der Waals surface area contributed by atoms with Crippen LogP contribution in [0.2, 0.25) is 0 Å². The number of unbranched alkanes of at least 4 members (excludes halogenated alkanes) is 2. The van der Waals surface area contributed by atoms with Crippen molar-refractivity contribution in [1.82, 2.24) is 4.90 Å². The van der Waals surface area contributed by atoms with Crippen molar-refractivity contribution in [2.45, 2.75) is 72.3 Å². The number of ether oxygens (including phenoxy) is 1. The molecule has 0 saturated carbocycles. The largest absolute Gasteiger partial charge is 0.507 e. The molecule has 1 N–H and O–H groups in total. The number of hydrogen-bond acceptors (Lipinski definition) is 4. The molecule has 1 amide bonds. The fourth-order valence-electron chi connectivity index (χ4n) is 4.65. The molecule has 1 heterocycles. The number of likely N-dealkylation sites (tertiary alicyclic amines) is 1. The minimum Gasteiger partial charge on any atom is -0.507 e. The quantitative estimate of drug-likeness (QED) is 0.205. The van der Waals surface area contributed by atoms with E-state index in [1.165, 1.54) is 5.56 Å². The van der Waals surface area contributed by atoms with Gasteiger partial charge in [-0.05, 0) is 60.1 Å². The molecule has 0 bridgehead atoms. The van der Waals surface area contributed by atoms with Crippen LogP contribution >= 0.6 is 0 Å². The molecule has 3 rings (SSSR count). The predicted molar refractivity (Wildman–Crippen MR) is 136 cm³/mol. The topological polar surface area (TPSA) is 66.8 Å². The fraction of sp³-hybridized carbons (Fsp3) is 0.448. The number of aliphatic hydroxyl groups excluding tert-OH is 1. The number of nitrogens with zero attached hydrogens (tertiary/aromatic N) is 1. The number of amides is 1. The summed E-state index contributed by atoms with van der Waals surface area (Å²) in [6, 6.07) is 11.1. The molecule has 2 aromatic rings. The highest BCUT2D eigenvalue weighted by molar-refractivity contribution is 6.46. The molecule has 1 aliphatic heterocycles. The van der Waals surface area contributed by atoms with E-state index in [-0.39, 0.29) is 17.3 Å². The van der Waals surface area contributed by atoms with Crippen molar-refractivity contribution in [2.24, 2.45) is 0 Å². The minimum atomic E-state index is -0.625. The Hall–Kier alpha value is -3.08. The van der Waals surface area contributed by atoms with E-state index in [4.69, 9.17) is 4.74 Å². The number of benzene rings is 2. The number of hydrogen-bond donors (Lipinski definition) is 1. The van der Waals surface area contributed by atoms with Crippen LogP contribution in [0.4, 0.5) is 0 Å². The van der Waals surface area contributed by atoms with E-state index >= 15 is 0 Å². The number of rotatable bonds is 9. The molecule has 5 heteroatoms. The van der Waals surface area contributed by atoms with Crippen LogP contribution in [0, 0.1) is 6.92 Å². The summed E-state index contributed by atoms with van der Waals surface area (Å²) < 4.78 is 5.54. The molecular formula is C29H37NO4. The van der Waals surface area contributed by atoms with Crippen LogP contribution in [-0.4, -0.2) is 35.4 Å². The first-order chi connectivity index (χ1) is 16.2. The third-order valence-corrected chi connectivity index (χ3v) is 6.70. The lowest BCUT2D eigenvalue weighted by Gasteiger charge is -2.26. The normalized spacial score (nSPS) is 17.6. The van der Waals surface area contributed by atoms with Crippen molar-refractivity contribution in [3.8, 4) is 5.75 Å². The molecule has 0 radical (unpaired) electrons. The van der Waals surface area contributed by atoms with Crippen LogP contribution < -0.4 is 4.74 Å². The Bertz CT molecular complexity index is 1080. The Morgan fingerprint density at radius 1 is 1.09 bits per heavy atom. The van der Waals surface area contributed by atoms with Gasteiger partial charge in [-0.3, -0.25) is 9.59 Å². The van der Waals surface area contributed by atoms with E-state index in [1.54, 1.807) is 12.0 Å². The number of aryl methyl sites for hydroxylation is 2. The van der Waals surface area contributed by atoms with Gasteiger partial charge in [-0.1, -0.05) is 64.8 Å². The zero-order valence-corrected chi connectivity index (χ0v) is 21.3. The third-order valence-electron chi connectivity index (χ3n) is 6.70. The van der Waals surface area contributed by atoms with Gasteiger partial charge in [0.05, 0.1) is 18.7 Å². The van der Waals surface area contributed by atoms with Crippen LogP contribution in [-0.2, 0) is 16.0 Å². The molecule has 1 atom stereocenters. The van der Waals surface area contributed by atoms with E-state index in [2.05, 4.69) is 27.7 Å². The summed E-state index contributed by atoms with van der Waals surface area (Å²) in [6.07, 6.45) is 3.70. The number of Topliss-reactive ketones (excluding diaryl/α,β-unsaturated/α-hetero) is 1. The molecule has 1 fully saturated rings. The lowest BCUT2D eigenvalue weighted by Crippen LogP contribution is -2.30. The second kappa shape index (κ2) is 10.9. The van der Waals surface area contributed by atoms with Gasteiger partial charge in [0.2, 0.25) is 0 Å². The second-order valence-electron chi connectivity index (χ2n) is 9.36. The highest BCUT2D eigenvalue weighted by Gasteiger charge is 2.45. The van der Waals surface area contributed by atoms with Crippen molar-refractivity contribution >= 4 is 17.4 Å². The first-order valence-corrected chi connectivity index (χ1v) is 12.3. The van der Waals surface area contributed by atoms with Gasteiger partial charge in [0, 0.05) is 12.1 Å². The summed E-state index contributed by atoms with van der Waals surface area (Å²) in [4.78, 5) is 28.0. The Balaban J connectivity index is 2.20. The van der Waals surface area contributed by atoms with Gasteiger partial charge < -0.3 is 14.7 Å². The fourth-order valence-corrected chi connectivity index (χ4v) is 4.65. The smallest absolute Gasteiger partial charge is 0.295 e. The first-order valence-electron chi connectivity index (χ1n) is 12.3. The summed E-state index contributed by atoms with van der Waals surface area (Å²) >= 11 is 0. The molecular weight excluding hydrogens is 426 g/mol. The van der Waals surface area contributed by atoms with Crippen molar-refractivity contribution in [1.29, 1.82) is 0 Å². The molecule has 1 saturated heterocycles. The third kappa shape index (κ3) is 4.89. The predicted octanol–water partition coefficient (Wildman–Crippen LogP) is 6.30. The minimum absolute atomic E-state index is 0.122. The van der Waals surface area contributed by atoms with Crippen molar-refractivity contribution in [3.63, 3.8) is 0 Å². The zero-order chi connectivity index (χ0) is 25.0. The average molecular weight is 464 g/mol. The van der Waals surface area contributed by atoms with E-state index < -0.39 is 17.7 Å². The maximum absolute atomic E-state index is 13.3. The number of methoxy groups -OCH3 is 1. The summed E-state index contributed by atoms with van der Waals surface area (Å²) in [5.74, 6) is -0.382. The Kier molecular flexibility index (Phi) is 8.19. The van der Waals surface area contributed by atoms with Crippen molar-refractivity contribution in [3.05, 3.63) is 69.8 Å². The summed E-state index contributed by atoms with van der Waals surface area (Å²) in [5.41, 5.74) is 4.47. The molecule has 34 heavy (non-hydrogen) atoms. The van der Waals surface area contributed by atoms with Gasteiger partial charge in [0.15, 0.2) is 0 Å². The maximum atomic E-state index is 13.3. The monoisotopic (exact) mass is 463 g/mol. The summed E-state index contributed by atoms with van der Waals surface area (Å²) in [6.45, 7) is 10.7. The number of carbonyl (C=O) groups excluding carboxylic acids is 2. The lowest BCUT2D eigenvalue weighted by molar-refractivity contribution is -0.139. The second-order valence-corrected chi connectivity index (χ2v) is 9.36. The van der Waals surface area contributed by atoms with E-state index in [0.29, 0.717) is 12.1 Å². The van der Waals surface area contributed by atoms with E-state index in [1.807, 2.05) is 43.3 Å². The molecule has 0 aromatic heterocycles. The summed E-state index contributed by atoms with van der Waals surface area (Å²) in [5, 5.41) is 11.5. The Morgan fingerprint density at radius 3 is 2.32 bits per heavy atom. The van der Waals surface area contributed by atoms with E-state index in [0.717, 1.165) is 48.1 Å². The van der Waals surface area contributed by atoms with Gasteiger partial charge >= 0.3 is 0 Å². The Morgan fingerprint density at radius 2 is 1.76 bits per heavy atom. The first kappa shape index (κ1) is 25.5. The van der Waals surface area contributed by atoms with Gasteiger partial charge in [0.25, 0.3) is 11.7 Å². The van der Waals surface area contributed by atoms with Gasteiger partial charge in [-0.15, -0.1) is 0 Å². The lowest BCUT2D eigenvalue weighted by atomic mass is 9.90. The maximum Gasteiger partial charge on any atom is 0.295 e. The average Bonchev–Trinajstić information content (AvgIpc) is 3.08. The van der Waals surface area contributed by atoms with Crippen LogP contribution in [0.3, 0.4) is 0 Å². The molecule has 1 aliphatic rings. The number of ketones is 1. The van der Waals surface area contributed by atoms with Crippen molar-refractivity contribution in [2.75, 3.05) is 13.7 Å². The SMILES string of the molecule is CCCCCN1C(=O)C(=O)/C(=C(/O)c2cc(C(C)C)c(OC)cc2C)C1c1ccc(CC)cc1. The number of aliphatic hydroxyl groups is 1. The van der Waals surface area contributed by atoms with Gasteiger partial charge in [-0.25, -0.2) is 0 Å². The standard InChI is InChI=1S/C29H37NO4/c1-7-9-10-15-30-26(21-13-11-20(8-2)12-14-21)25(28(32)29(30)33)27(31)23-17-22(18(3)4)24(34-6)16-19(23)5/h11-14,16-18,26,31H,7-10,15H2,1-6H3/b27-25+. The molecule has 0 aliphatic carbocycles. The molecule has 1 unspecified atom stereocenters. The Labute approximate surface area is 203 Å². The van der Waals surface area contributed by atoms with Crippen molar-refractivity contribution < 1.29 is 19.4 Å². The van der Waals surface area contributed by atoms with Crippen LogP contribution in [0.15, 0.2) is 42.0 Å². The number of carbonyl (C=O) groups is 2. The van der Waals surface area contributed by atoms with Crippen LogP contribution in [0.5, 0.6) is 5.75 Å². The summed E-state index contributed by atoms with van der Waals surface area (Å²) in [7, 11) is 1.63. The highest BCUT2D eigenvalue weighted by atomic mass is 16.5. The van der Waals surface area contributed by atoms with Gasteiger partial charge in [0.1, 0.15) is 11.5 Å². The molecule has 182 valence electrons. The van der Waals surface area contributed by atoms with Gasteiger partial charge in [-0.2, -0.15) is 0 Å².